The van der Waals surface area contributed by atoms with Gasteiger partial charge in [0, 0.05) is 16.7 Å². The molecule has 1 aliphatic carbocycles. The van der Waals surface area contributed by atoms with E-state index in [0.717, 1.165) is 32.1 Å². The number of nitrogens with one attached hydrogen (secondary N) is 1. The largest absolute Gasteiger partial charge is 0.369 e. The third kappa shape index (κ3) is 3.56. The smallest absolute Gasteiger partial charge is 0.271 e. The van der Waals surface area contributed by atoms with E-state index < -0.39 is 0 Å². The zero-order valence-electron chi connectivity index (χ0n) is 11.1. The van der Waals surface area contributed by atoms with Crippen molar-refractivity contribution in [2.75, 3.05) is 0 Å². The fraction of sp³-hybridized carbons (Fsp3) is 0.500. The van der Waals surface area contributed by atoms with Crippen molar-refractivity contribution >= 4 is 27.7 Å². The lowest BCUT2D eigenvalue weighted by Gasteiger charge is -2.23. The van der Waals surface area contributed by atoms with Gasteiger partial charge >= 0.3 is 0 Å². The van der Waals surface area contributed by atoms with Crippen molar-refractivity contribution in [3.8, 4) is 0 Å². The number of carbonyl (C=O) groups excluding carboxylic acids is 2. The van der Waals surface area contributed by atoms with E-state index in [0.29, 0.717) is 10.2 Å². The van der Waals surface area contributed by atoms with Gasteiger partial charge < -0.3 is 11.1 Å². The average Bonchev–Trinajstić information content (AvgIpc) is 2.64. The Morgan fingerprint density at radius 3 is 2.75 bits per heavy atom. The monoisotopic (exact) mass is 339 g/mol. The Labute approximate surface area is 126 Å². The molecule has 2 rings (SSSR count). The molecule has 20 heavy (non-hydrogen) atoms. The molecule has 0 saturated heterocycles. The summed E-state index contributed by atoms with van der Waals surface area (Å²) in [6, 6.07) is 3.32. The van der Waals surface area contributed by atoms with Gasteiger partial charge in [0.2, 0.25) is 5.91 Å². The molecule has 0 aliphatic heterocycles. The molecule has 0 bridgehead atoms. The van der Waals surface area contributed by atoms with Crippen LogP contribution in [0.2, 0.25) is 0 Å². The van der Waals surface area contributed by atoms with Crippen LogP contribution in [0.3, 0.4) is 0 Å². The molecule has 6 heteroatoms. The van der Waals surface area contributed by atoms with E-state index in [1.165, 1.54) is 0 Å². The van der Waals surface area contributed by atoms with Crippen LogP contribution in [0.25, 0.3) is 0 Å². The Kier molecular flexibility index (Phi) is 5.11. The van der Waals surface area contributed by atoms with E-state index in [1.54, 1.807) is 18.3 Å². The van der Waals surface area contributed by atoms with Gasteiger partial charge in [-0.25, -0.2) is 4.98 Å². The highest BCUT2D eigenvalue weighted by atomic mass is 79.9. The molecule has 5 nitrogen and oxygen atoms in total. The van der Waals surface area contributed by atoms with Crippen molar-refractivity contribution < 1.29 is 9.59 Å². The number of halogens is 1. The van der Waals surface area contributed by atoms with Crippen LogP contribution < -0.4 is 11.1 Å². The average molecular weight is 340 g/mol. The zero-order chi connectivity index (χ0) is 14.5. The molecule has 2 amide bonds. The predicted octanol–water partition coefficient (Wildman–Crippen LogP) is 2.01. The third-order valence-electron chi connectivity index (χ3n) is 3.67. The SMILES string of the molecule is NC(=O)[C@@H]1CCCCC[C@@H]1NC(=O)c1ncccc1Br. The first-order valence-electron chi connectivity index (χ1n) is 6.80. The standard InChI is InChI=1S/C14H18BrN3O2/c15-10-6-4-8-17-12(10)14(20)18-11-7-3-1-2-5-9(11)13(16)19/h4,6,8-9,11H,1-3,5,7H2,(H2,16,19)(H,18,20)/t9-,11+/m1/s1. The number of hydrogen-bond acceptors (Lipinski definition) is 3. The molecule has 0 unspecified atom stereocenters. The van der Waals surface area contributed by atoms with Gasteiger partial charge in [-0.15, -0.1) is 0 Å². The summed E-state index contributed by atoms with van der Waals surface area (Å²) in [7, 11) is 0. The molecule has 108 valence electrons. The lowest BCUT2D eigenvalue weighted by Crippen LogP contribution is -2.45. The van der Waals surface area contributed by atoms with Crippen LogP contribution in [0.4, 0.5) is 0 Å². The Morgan fingerprint density at radius 1 is 1.30 bits per heavy atom. The van der Waals surface area contributed by atoms with Gasteiger partial charge in [0.1, 0.15) is 5.69 Å². The molecule has 1 aromatic heterocycles. The summed E-state index contributed by atoms with van der Waals surface area (Å²) in [6.45, 7) is 0. The quantitative estimate of drug-likeness (QED) is 0.826. The minimum Gasteiger partial charge on any atom is -0.369 e. The molecule has 0 aromatic carbocycles. The number of nitrogens with zero attached hydrogens (tertiary/aromatic N) is 1. The van der Waals surface area contributed by atoms with E-state index in [-0.39, 0.29) is 23.8 Å². The van der Waals surface area contributed by atoms with Gasteiger partial charge in [0.25, 0.3) is 5.91 Å². The van der Waals surface area contributed by atoms with E-state index in [9.17, 15) is 9.59 Å². The number of primary amides is 1. The van der Waals surface area contributed by atoms with E-state index in [1.807, 2.05) is 0 Å². The molecule has 2 atom stereocenters. The summed E-state index contributed by atoms with van der Waals surface area (Å²) < 4.78 is 0.641. The Morgan fingerprint density at radius 2 is 2.05 bits per heavy atom. The Hall–Kier alpha value is -1.43. The van der Waals surface area contributed by atoms with Crippen molar-refractivity contribution in [2.45, 2.75) is 38.1 Å². The zero-order valence-corrected chi connectivity index (χ0v) is 12.7. The van der Waals surface area contributed by atoms with Crippen LogP contribution in [-0.4, -0.2) is 22.8 Å². The number of nitrogens with two attached hydrogens (primary N) is 1. The van der Waals surface area contributed by atoms with Crippen molar-refractivity contribution in [1.29, 1.82) is 0 Å². The van der Waals surface area contributed by atoms with Crippen LogP contribution in [0.15, 0.2) is 22.8 Å². The number of carbonyl (C=O) groups is 2. The first-order valence-corrected chi connectivity index (χ1v) is 7.59. The van der Waals surface area contributed by atoms with Crippen molar-refractivity contribution in [3.05, 3.63) is 28.5 Å². The maximum Gasteiger partial charge on any atom is 0.271 e. The predicted molar refractivity (Wildman–Crippen MR) is 79.0 cm³/mol. The van der Waals surface area contributed by atoms with Crippen molar-refractivity contribution in [1.82, 2.24) is 10.3 Å². The molecule has 1 fully saturated rings. The van der Waals surface area contributed by atoms with Crippen LogP contribution in [-0.2, 0) is 4.79 Å². The summed E-state index contributed by atoms with van der Waals surface area (Å²) in [5, 5.41) is 2.92. The summed E-state index contributed by atoms with van der Waals surface area (Å²) in [6.07, 6.45) is 6.14. The lowest BCUT2D eigenvalue weighted by atomic mass is 9.94. The molecule has 0 radical (unpaired) electrons. The van der Waals surface area contributed by atoms with Gasteiger partial charge in [-0.3, -0.25) is 9.59 Å². The minimum absolute atomic E-state index is 0.198. The van der Waals surface area contributed by atoms with Crippen molar-refractivity contribution in [2.24, 2.45) is 11.7 Å². The lowest BCUT2D eigenvalue weighted by molar-refractivity contribution is -0.122. The van der Waals surface area contributed by atoms with E-state index in [2.05, 4.69) is 26.2 Å². The summed E-state index contributed by atoms with van der Waals surface area (Å²) in [5.74, 6) is -0.892. The summed E-state index contributed by atoms with van der Waals surface area (Å²) in [5.41, 5.74) is 5.79. The molecule has 1 heterocycles. The van der Waals surface area contributed by atoms with Crippen LogP contribution in [0, 0.1) is 5.92 Å². The molecule has 1 aliphatic rings. The highest BCUT2D eigenvalue weighted by Gasteiger charge is 2.30. The van der Waals surface area contributed by atoms with Crippen LogP contribution in [0.1, 0.15) is 42.6 Å². The van der Waals surface area contributed by atoms with Crippen molar-refractivity contribution in [3.63, 3.8) is 0 Å². The molecule has 0 spiro atoms. The molecule has 1 saturated carbocycles. The maximum absolute atomic E-state index is 12.3. The van der Waals surface area contributed by atoms with Crippen LogP contribution >= 0.6 is 15.9 Å². The Bertz CT molecular complexity index is 507. The molecule has 1 aromatic rings. The second kappa shape index (κ2) is 6.83. The first-order chi connectivity index (χ1) is 9.59. The molecular weight excluding hydrogens is 322 g/mol. The molecule has 3 N–H and O–H groups in total. The normalized spacial score (nSPS) is 22.9. The topological polar surface area (TPSA) is 85.1 Å². The fourth-order valence-electron chi connectivity index (χ4n) is 2.61. The number of pyridine rings is 1. The fourth-order valence-corrected chi connectivity index (χ4v) is 3.05. The van der Waals surface area contributed by atoms with Gasteiger partial charge in [0.15, 0.2) is 0 Å². The molecular formula is C14H18BrN3O2. The second-order valence-electron chi connectivity index (χ2n) is 5.06. The summed E-state index contributed by atoms with van der Waals surface area (Å²) in [4.78, 5) is 27.9. The van der Waals surface area contributed by atoms with Gasteiger partial charge in [0.05, 0.1) is 5.92 Å². The maximum atomic E-state index is 12.3. The first kappa shape index (κ1) is 15.0. The van der Waals surface area contributed by atoms with E-state index in [4.69, 9.17) is 5.73 Å². The second-order valence-corrected chi connectivity index (χ2v) is 5.91. The number of amides is 2. The van der Waals surface area contributed by atoms with Gasteiger partial charge in [-0.2, -0.15) is 0 Å². The van der Waals surface area contributed by atoms with Crippen LogP contribution in [0.5, 0.6) is 0 Å². The number of aromatic nitrogens is 1. The summed E-state index contributed by atoms with van der Waals surface area (Å²) >= 11 is 3.31. The minimum atomic E-state index is -0.336. The highest BCUT2D eigenvalue weighted by molar-refractivity contribution is 9.10. The number of hydrogen-bond donors (Lipinski definition) is 2. The highest BCUT2D eigenvalue weighted by Crippen LogP contribution is 2.24. The van der Waals surface area contributed by atoms with Gasteiger partial charge in [-0.1, -0.05) is 19.3 Å². The van der Waals surface area contributed by atoms with E-state index >= 15 is 0 Å². The van der Waals surface area contributed by atoms with Gasteiger partial charge in [-0.05, 0) is 40.9 Å². The number of rotatable bonds is 3. The third-order valence-corrected chi connectivity index (χ3v) is 4.31. The Balaban J connectivity index is 2.12.